The van der Waals surface area contributed by atoms with Crippen LogP contribution in [-0.2, 0) is 13.1 Å². The van der Waals surface area contributed by atoms with E-state index in [1.165, 1.54) is 30.3 Å². The number of nitrogens with zero attached hydrogens (tertiary/aromatic N) is 2. The number of nitrogens with two attached hydrogens (primary N) is 1. The maximum absolute atomic E-state index is 15.1. The molecule has 1 heterocycles. The Balaban J connectivity index is 1.66. The van der Waals surface area contributed by atoms with Crippen LogP contribution in [0.25, 0.3) is 0 Å². The van der Waals surface area contributed by atoms with Crippen LogP contribution < -0.4 is 21.1 Å². The van der Waals surface area contributed by atoms with Gasteiger partial charge in [-0.15, -0.1) is 0 Å². The number of carbonyl (C=O) groups excluding carboxylic acids is 1. The molecular weight excluding hydrogens is 550 g/mol. The number of likely N-dealkylation sites (N-methyl/N-ethyl adjacent to an activating group) is 1. The van der Waals surface area contributed by atoms with Crippen molar-refractivity contribution in [1.82, 2.24) is 25.5 Å². The molecule has 3 aromatic rings. The summed E-state index contributed by atoms with van der Waals surface area (Å²) in [6.45, 7) is 2.01. The molecule has 1 amide bonds. The van der Waals surface area contributed by atoms with E-state index in [4.69, 9.17) is 33.7 Å². The SMILES string of the molecule is CN(C)CCNCc1nc(C(=O)NCc2ccc(Cl)c(Oc3cc(N)cc(Cl)c3)c2F)c(Br)[nH]1. The van der Waals surface area contributed by atoms with Crippen molar-refractivity contribution in [3.63, 3.8) is 0 Å². The number of aromatic nitrogens is 2. The third kappa shape index (κ3) is 7.07. The van der Waals surface area contributed by atoms with Gasteiger partial charge >= 0.3 is 0 Å². The molecule has 0 saturated heterocycles. The van der Waals surface area contributed by atoms with Crippen molar-refractivity contribution in [1.29, 1.82) is 0 Å². The summed E-state index contributed by atoms with van der Waals surface area (Å²) in [6.07, 6.45) is 0. The third-order valence-electron chi connectivity index (χ3n) is 4.63. The highest BCUT2D eigenvalue weighted by molar-refractivity contribution is 9.10. The number of hydrogen-bond acceptors (Lipinski definition) is 6. The van der Waals surface area contributed by atoms with Crippen LogP contribution in [-0.4, -0.2) is 48.0 Å². The summed E-state index contributed by atoms with van der Waals surface area (Å²) in [5.74, 6) is -0.536. The van der Waals surface area contributed by atoms with Gasteiger partial charge in [-0.2, -0.15) is 0 Å². The summed E-state index contributed by atoms with van der Waals surface area (Å²) < 4.78 is 21.2. The van der Waals surface area contributed by atoms with Crippen LogP contribution in [0.1, 0.15) is 21.9 Å². The van der Waals surface area contributed by atoms with Gasteiger partial charge < -0.3 is 31.0 Å². The van der Waals surface area contributed by atoms with Crippen molar-refractivity contribution in [3.8, 4) is 11.5 Å². The number of aromatic amines is 1. The second kappa shape index (κ2) is 11.9. The predicted molar refractivity (Wildman–Crippen MR) is 135 cm³/mol. The van der Waals surface area contributed by atoms with E-state index >= 15 is 4.39 Å². The van der Waals surface area contributed by atoms with Crippen LogP contribution in [0.15, 0.2) is 34.9 Å². The number of rotatable bonds is 10. The van der Waals surface area contributed by atoms with Gasteiger partial charge in [0.25, 0.3) is 5.91 Å². The van der Waals surface area contributed by atoms with Gasteiger partial charge in [-0.1, -0.05) is 29.3 Å². The zero-order valence-electron chi connectivity index (χ0n) is 18.5. The molecule has 0 saturated carbocycles. The largest absolute Gasteiger partial charge is 0.453 e. The maximum Gasteiger partial charge on any atom is 0.272 e. The van der Waals surface area contributed by atoms with Gasteiger partial charge in [-0.25, -0.2) is 9.37 Å². The molecule has 3 rings (SSSR count). The van der Waals surface area contributed by atoms with Crippen LogP contribution in [0.5, 0.6) is 11.5 Å². The second-order valence-corrected chi connectivity index (χ2v) is 9.32. The van der Waals surface area contributed by atoms with Gasteiger partial charge in [0.1, 0.15) is 16.2 Å². The Labute approximate surface area is 215 Å². The summed E-state index contributed by atoms with van der Waals surface area (Å²) in [4.78, 5) is 22.0. The quantitative estimate of drug-likeness (QED) is 0.209. The number of nitrogens with one attached hydrogen (secondary N) is 3. The lowest BCUT2D eigenvalue weighted by atomic mass is 10.2. The fraction of sp³-hybridized carbons (Fsp3) is 0.273. The molecule has 0 aliphatic rings. The number of halogens is 4. The lowest BCUT2D eigenvalue weighted by Gasteiger charge is -2.13. The highest BCUT2D eigenvalue weighted by Gasteiger charge is 2.19. The smallest absolute Gasteiger partial charge is 0.272 e. The fourth-order valence-electron chi connectivity index (χ4n) is 2.97. The number of nitrogen functional groups attached to an aromatic ring is 1. The molecule has 0 aliphatic carbocycles. The van der Waals surface area contributed by atoms with Crippen molar-refractivity contribution in [2.75, 3.05) is 32.9 Å². The number of ether oxygens (including phenoxy) is 1. The minimum absolute atomic E-state index is 0.0626. The molecule has 0 unspecified atom stereocenters. The Morgan fingerprint density at radius 3 is 2.74 bits per heavy atom. The van der Waals surface area contributed by atoms with Crippen molar-refractivity contribution in [2.24, 2.45) is 0 Å². The highest BCUT2D eigenvalue weighted by Crippen LogP contribution is 2.35. The molecular formula is C22H24BrCl2FN6O2. The van der Waals surface area contributed by atoms with E-state index in [9.17, 15) is 4.79 Å². The van der Waals surface area contributed by atoms with Gasteiger partial charge in [0.15, 0.2) is 17.3 Å². The first-order valence-electron chi connectivity index (χ1n) is 10.2. The molecule has 8 nitrogen and oxygen atoms in total. The minimum Gasteiger partial charge on any atom is -0.453 e. The molecule has 2 aromatic carbocycles. The molecule has 0 fully saturated rings. The molecule has 5 N–H and O–H groups in total. The summed E-state index contributed by atoms with van der Waals surface area (Å²) in [5, 5.41) is 6.30. The first-order chi connectivity index (χ1) is 16.1. The number of carbonyl (C=O) groups is 1. The van der Waals surface area contributed by atoms with Crippen molar-refractivity contribution in [2.45, 2.75) is 13.1 Å². The van der Waals surface area contributed by atoms with Crippen LogP contribution in [0.2, 0.25) is 10.0 Å². The van der Waals surface area contributed by atoms with E-state index < -0.39 is 11.7 Å². The molecule has 182 valence electrons. The van der Waals surface area contributed by atoms with E-state index in [-0.39, 0.29) is 34.3 Å². The average molecular weight is 574 g/mol. The average Bonchev–Trinajstić information content (AvgIpc) is 3.13. The van der Waals surface area contributed by atoms with E-state index in [1.807, 2.05) is 14.1 Å². The number of amides is 1. The molecule has 1 aromatic heterocycles. The number of imidazole rings is 1. The molecule has 0 spiro atoms. The van der Waals surface area contributed by atoms with Gasteiger partial charge in [0, 0.05) is 42.0 Å². The van der Waals surface area contributed by atoms with Gasteiger partial charge in [0.05, 0.1) is 11.6 Å². The fourth-order valence-corrected chi connectivity index (χ4v) is 3.88. The van der Waals surface area contributed by atoms with Crippen molar-refractivity contribution >= 4 is 50.7 Å². The Morgan fingerprint density at radius 1 is 1.26 bits per heavy atom. The summed E-state index contributed by atoms with van der Waals surface area (Å²) in [6, 6.07) is 7.48. The number of hydrogen-bond donors (Lipinski definition) is 4. The van der Waals surface area contributed by atoms with Gasteiger partial charge in [0.2, 0.25) is 0 Å². The normalized spacial score (nSPS) is 11.1. The molecule has 0 bridgehead atoms. The molecule has 0 atom stereocenters. The Bertz CT molecular complexity index is 1150. The Kier molecular flexibility index (Phi) is 9.15. The topological polar surface area (TPSA) is 108 Å². The van der Waals surface area contributed by atoms with Gasteiger partial charge in [-0.05, 0) is 48.2 Å². The summed E-state index contributed by atoms with van der Waals surface area (Å²) in [7, 11) is 3.97. The zero-order valence-corrected chi connectivity index (χ0v) is 21.6. The Morgan fingerprint density at radius 2 is 2.03 bits per heavy atom. The maximum atomic E-state index is 15.1. The number of benzene rings is 2. The van der Waals surface area contributed by atoms with E-state index in [2.05, 4.69) is 41.4 Å². The second-order valence-electron chi connectivity index (χ2n) is 7.68. The van der Waals surface area contributed by atoms with E-state index in [0.29, 0.717) is 27.7 Å². The van der Waals surface area contributed by atoms with E-state index in [1.54, 1.807) is 0 Å². The summed E-state index contributed by atoms with van der Waals surface area (Å²) >= 11 is 15.4. The standard InChI is InChI=1S/C22H24BrCl2FN6O2/c1-32(2)6-5-28-11-17-30-19(21(23)31-17)22(33)29-10-12-3-4-16(25)20(18(12)26)34-15-8-13(24)7-14(27)9-15/h3-4,7-9,28H,5-6,10-11,27H2,1-2H3,(H,29,33)(H,30,31). The zero-order chi connectivity index (χ0) is 24.8. The molecule has 0 aliphatic heterocycles. The minimum atomic E-state index is -0.710. The van der Waals surface area contributed by atoms with Gasteiger partial charge in [-0.3, -0.25) is 4.79 Å². The van der Waals surface area contributed by atoms with Crippen molar-refractivity contribution < 1.29 is 13.9 Å². The lowest BCUT2D eigenvalue weighted by molar-refractivity contribution is 0.0945. The first-order valence-corrected chi connectivity index (χ1v) is 11.8. The molecule has 0 radical (unpaired) electrons. The third-order valence-corrected chi connectivity index (χ3v) is 5.72. The number of H-pyrrole nitrogens is 1. The van der Waals surface area contributed by atoms with E-state index in [0.717, 1.165) is 13.1 Å². The first kappa shape index (κ1) is 26.2. The lowest BCUT2D eigenvalue weighted by Crippen LogP contribution is -2.26. The predicted octanol–water partition coefficient (Wildman–Crippen LogP) is 4.57. The Hall–Kier alpha value is -2.37. The monoisotopic (exact) mass is 572 g/mol. The van der Waals surface area contributed by atoms with Crippen LogP contribution in [0, 0.1) is 5.82 Å². The van der Waals surface area contributed by atoms with Crippen LogP contribution >= 0.6 is 39.1 Å². The molecule has 34 heavy (non-hydrogen) atoms. The van der Waals surface area contributed by atoms with Crippen LogP contribution in [0.3, 0.4) is 0 Å². The van der Waals surface area contributed by atoms with Crippen LogP contribution in [0.4, 0.5) is 10.1 Å². The molecule has 12 heteroatoms. The highest BCUT2D eigenvalue weighted by atomic mass is 79.9. The number of anilines is 1. The summed E-state index contributed by atoms with van der Waals surface area (Å²) in [5.41, 5.74) is 6.47. The van der Waals surface area contributed by atoms with Crippen molar-refractivity contribution in [3.05, 3.63) is 67.9 Å².